The number of halogens is 1. The fraction of sp³-hybridized carbons (Fsp3) is 0.562. The lowest BCUT2D eigenvalue weighted by atomic mass is 9.75. The highest BCUT2D eigenvalue weighted by Gasteiger charge is 2.37. The zero-order valence-corrected chi connectivity index (χ0v) is 13.2. The number of thiol groups is 1. The maximum absolute atomic E-state index is 12.3. The normalized spacial score (nSPS) is 21.1. The number of hydrogen-bond donors (Lipinski definition) is 1. The summed E-state index contributed by atoms with van der Waals surface area (Å²) in [6.45, 7) is 0.794. The van der Waals surface area contributed by atoms with E-state index in [1.807, 2.05) is 23.1 Å². The zero-order valence-electron chi connectivity index (χ0n) is 11.6. The SMILES string of the molecule is O=C1Cc2ccc(Cl)cc2N1CC1(CS)CCCCC1. The third-order valence-electron chi connectivity index (χ3n) is 4.72. The maximum Gasteiger partial charge on any atom is 0.231 e. The minimum Gasteiger partial charge on any atom is -0.311 e. The molecule has 0 aromatic heterocycles. The Hall–Kier alpha value is -0.670. The van der Waals surface area contributed by atoms with Gasteiger partial charge in [0.1, 0.15) is 0 Å². The molecule has 2 aliphatic rings. The van der Waals surface area contributed by atoms with Gasteiger partial charge in [-0.25, -0.2) is 0 Å². The third kappa shape index (κ3) is 2.58. The largest absolute Gasteiger partial charge is 0.311 e. The minimum absolute atomic E-state index is 0.181. The monoisotopic (exact) mass is 309 g/mol. The van der Waals surface area contributed by atoms with E-state index in [9.17, 15) is 4.79 Å². The van der Waals surface area contributed by atoms with Gasteiger partial charge in [-0.05, 0) is 41.7 Å². The Morgan fingerprint density at radius 1 is 1.25 bits per heavy atom. The molecule has 108 valence electrons. The molecule has 1 aliphatic carbocycles. The van der Waals surface area contributed by atoms with Gasteiger partial charge in [0.25, 0.3) is 0 Å². The summed E-state index contributed by atoms with van der Waals surface area (Å²) < 4.78 is 0. The standard InChI is InChI=1S/C16H20ClNOS/c17-13-5-4-12-8-15(19)18(14(12)9-13)10-16(11-20)6-2-1-3-7-16/h4-5,9,20H,1-3,6-8,10-11H2. The minimum atomic E-state index is 0.181. The van der Waals surface area contributed by atoms with E-state index < -0.39 is 0 Å². The fourth-order valence-corrected chi connectivity index (χ4v) is 4.09. The molecule has 0 bridgehead atoms. The smallest absolute Gasteiger partial charge is 0.231 e. The first-order chi connectivity index (χ1) is 9.63. The molecule has 0 spiro atoms. The summed E-state index contributed by atoms with van der Waals surface area (Å²) in [6, 6.07) is 5.77. The number of hydrogen-bond acceptors (Lipinski definition) is 2. The van der Waals surface area contributed by atoms with Crippen molar-refractivity contribution >= 4 is 35.8 Å². The first kappa shape index (κ1) is 14.3. The number of rotatable bonds is 3. The van der Waals surface area contributed by atoms with Crippen LogP contribution in [0.25, 0.3) is 0 Å². The Balaban J connectivity index is 1.87. The van der Waals surface area contributed by atoms with Gasteiger partial charge in [0.15, 0.2) is 0 Å². The highest BCUT2D eigenvalue weighted by molar-refractivity contribution is 7.80. The van der Waals surface area contributed by atoms with E-state index in [4.69, 9.17) is 11.6 Å². The summed E-state index contributed by atoms with van der Waals surface area (Å²) in [5.41, 5.74) is 2.29. The summed E-state index contributed by atoms with van der Waals surface area (Å²) >= 11 is 10.7. The van der Waals surface area contributed by atoms with Crippen molar-refractivity contribution in [1.29, 1.82) is 0 Å². The summed E-state index contributed by atoms with van der Waals surface area (Å²) in [6.07, 6.45) is 6.68. The first-order valence-electron chi connectivity index (χ1n) is 7.33. The highest BCUT2D eigenvalue weighted by atomic mass is 35.5. The van der Waals surface area contributed by atoms with E-state index in [0.717, 1.165) is 23.5 Å². The Kier molecular flexibility index (Phi) is 4.00. The van der Waals surface area contributed by atoms with Crippen LogP contribution >= 0.6 is 24.2 Å². The van der Waals surface area contributed by atoms with Crippen LogP contribution in [0.4, 0.5) is 5.69 Å². The molecule has 0 unspecified atom stereocenters. The molecule has 0 radical (unpaired) electrons. The van der Waals surface area contributed by atoms with Crippen molar-refractivity contribution in [3.8, 4) is 0 Å². The van der Waals surface area contributed by atoms with Crippen molar-refractivity contribution in [3.05, 3.63) is 28.8 Å². The molecule has 20 heavy (non-hydrogen) atoms. The Morgan fingerprint density at radius 3 is 2.70 bits per heavy atom. The van der Waals surface area contributed by atoms with Gasteiger partial charge >= 0.3 is 0 Å². The number of benzene rings is 1. The Morgan fingerprint density at radius 2 is 2.00 bits per heavy atom. The van der Waals surface area contributed by atoms with Crippen molar-refractivity contribution in [3.63, 3.8) is 0 Å². The number of fused-ring (bicyclic) bond motifs is 1. The lowest BCUT2D eigenvalue weighted by Gasteiger charge is -2.39. The van der Waals surface area contributed by atoms with Crippen molar-refractivity contribution in [2.45, 2.75) is 38.5 Å². The van der Waals surface area contributed by atoms with Crippen LogP contribution in [0.15, 0.2) is 18.2 Å². The molecule has 1 aromatic rings. The molecular formula is C16H20ClNOS. The molecule has 0 N–H and O–H groups in total. The van der Waals surface area contributed by atoms with Gasteiger partial charge in [0.05, 0.1) is 6.42 Å². The van der Waals surface area contributed by atoms with Gasteiger partial charge in [-0.2, -0.15) is 12.6 Å². The molecule has 4 heteroatoms. The van der Waals surface area contributed by atoms with Crippen LogP contribution in [0.2, 0.25) is 5.02 Å². The summed E-state index contributed by atoms with van der Waals surface area (Å²) in [4.78, 5) is 14.3. The molecule has 0 saturated heterocycles. The van der Waals surface area contributed by atoms with E-state index in [2.05, 4.69) is 12.6 Å². The Bertz CT molecular complexity index is 525. The molecule has 1 fully saturated rings. The van der Waals surface area contributed by atoms with E-state index in [0.29, 0.717) is 11.4 Å². The van der Waals surface area contributed by atoms with E-state index in [-0.39, 0.29) is 11.3 Å². The van der Waals surface area contributed by atoms with Crippen LogP contribution in [0.3, 0.4) is 0 Å². The van der Waals surface area contributed by atoms with Crippen LogP contribution < -0.4 is 4.90 Å². The highest BCUT2D eigenvalue weighted by Crippen LogP contribution is 2.41. The third-order valence-corrected chi connectivity index (χ3v) is 5.63. The summed E-state index contributed by atoms with van der Waals surface area (Å²) in [7, 11) is 0. The second-order valence-corrected chi connectivity index (χ2v) is 6.90. The first-order valence-corrected chi connectivity index (χ1v) is 8.34. The fourth-order valence-electron chi connectivity index (χ4n) is 3.51. The molecule has 1 saturated carbocycles. The second-order valence-electron chi connectivity index (χ2n) is 6.15. The molecule has 3 rings (SSSR count). The van der Waals surface area contributed by atoms with Gasteiger partial charge < -0.3 is 4.90 Å². The molecular weight excluding hydrogens is 290 g/mol. The molecule has 1 heterocycles. The maximum atomic E-state index is 12.3. The lowest BCUT2D eigenvalue weighted by Crippen LogP contribution is -2.42. The molecule has 1 aliphatic heterocycles. The molecule has 1 amide bonds. The van der Waals surface area contributed by atoms with Crippen LogP contribution in [0.5, 0.6) is 0 Å². The van der Waals surface area contributed by atoms with E-state index in [1.165, 1.54) is 32.1 Å². The quantitative estimate of drug-likeness (QED) is 0.833. The average molecular weight is 310 g/mol. The predicted octanol–water partition coefficient (Wildman–Crippen LogP) is 4.11. The molecule has 2 nitrogen and oxygen atoms in total. The Labute approximate surface area is 130 Å². The predicted molar refractivity (Wildman–Crippen MR) is 86.9 cm³/mol. The average Bonchev–Trinajstić information content (AvgIpc) is 2.76. The second kappa shape index (κ2) is 5.61. The van der Waals surface area contributed by atoms with Crippen LogP contribution in [0.1, 0.15) is 37.7 Å². The van der Waals surface area contributed by atoms with Gasteiger partial charge in [-0.15, -0.1) is 0 Å². The number of anilines is 1. The van der Waals surface area contributed by atoms with E-state index >= 15 is 0 Å². The summed E-state index contributed by atoms with van der Waals surface area (Å²) in [5, 5.41) is 0.701. The van der Waals surface area contributed by atoms with E-state index in [1.54, 1.807) is 0 Å². The van der Waals surface area contributed by atoms with Crippen molar-refractivity contribution in [2.75, 3.05) is 17.2 Å². The van der Waals surface area contributed by atoms with Gasteiger partial charge in [0.2, 0.25) is 5.91 Å². The van der Waals surface area contributed by atoms with Gasteiger partial charge in [-0.1, -0.05) is 36.9 Å². The number of amides is 1. The number of carbonyl (C=O) groups excluding carboxylic acids is 1. The van der Waals surface area contributed by atoms with Crippen LogP contribution in [-0.2, 0) is 11.2 Å². The van der Waals surface area contributed by atoms with Crippen molar-refractivity contribution in [2.24, 2.45) is 5.41 Å². The zero-order chi connectivity index (χ0) is 14.2. The lowest BCUT2D eigenvalue weighted by molar-refractivity contribution is -0.117. The van der Waals surface area contributed by atoms with Crippen molar-refractivity contribution in [1.82, 2.24) is 0 Å². The van der Waals surface area contributed by atoms with Crippen LogP contribution in [0, 0.1) is 5.41 Å². The molecule has 1 aromatic carbocycles. The van der Waals surface area contributed by atoms with Gasteiger partial charge in [-0.3, -0.25) is 4.79 Å². The summed E-state index contributed by atoms with van der Waals surface area (Å²) in [5.74, 6) is 1.06. The van der Waals surface area contributed by atoms with Crippen molar-refractivity contribution < 1.29 is 4.79 Å². The topological polar surface area (TPSA) is 20.3 Å². The van der Waals surface area contributed by atoms with Gasteiger partial charge in [0, 0.05) is 17.3 Å². The number of carbonyl (C=O) groups is 1. The molecule has 0 atom stereocenters. The van der Waals surface area contributed by atoms with Crippen LogP contribution in [-0.4, -0.2) is 18.2 Å². The number of nitrogens with zero attached hydrogens (tertiary/aromatic N) is 1.